The molecule has 0 aromatic carbocycles. The lowest BCUT2D eigenvalue weighted by Gasteiger charge is -2.57. The van der Waals surface area contributed by atoms with Gasteiger partial charge in [-0.1, -0.05) is 96.9 Å². The molecule has 2 aliphatic carbocycles. The zero-order valence-corrected chi connectivity index (χ0v) is 83.9. The Hall–Kier alpha value is -4.99. The highest BCUT2D eigenvalue weighted by Gasteiger charge is 2.60. The van der Waals surface area contributed by atoms with Crippen LogP contribution in [0.4, 0.5) is 5.00 Å². The first-order valence-electron chi connectivity index (χ1n) is 48.7. The zero-order chi connectivity index (χ0) is 90.0. The molecule has 6 saturated heterocycles. The summed E-state index contributed by atoms with van der Waals surface area (Å²) in [6, 6.07) is 6.35. The highest BCUT2D eigenvalue weighted by Crippen LogP contribution is 2.51. The van der Waals surface area contributed by atoms with Crippen LogP contribution in [0.5, 0.6) is 0 Å². The largest absolute Gasteiger partial charge is 0.365 e. The predicted octanol–water partition coefficient (Wildman–Crippen LogP) is 18.9. The molecule has 4 aromatic rings. The van der Waals surface area contributed by atoms with Crippen molar-refractivity contribution in [2.75, 3.05) is 51.3 Å². The number of fused-ring (bicyclic) bond motifs is 8. The lowest BCUT2D eigenvalue weighted by molar-refractivity contribution is -0.985. The van der Waals surface area contributed by atoms with Crippen LogP contribution in [0.2, 0.25) is 0 Å². The van der Waals surface area contributed by atoms with Crippen LogP contribution in [-0.4, -0.2) is 151 Å². The van der Waals surface area contributed by atoms with Gasteiger partial charge in [0.2, 0.25) is 11.7 Å². The maximum atomic E-state index is 12.3. The van der Waals surface area contributed by atoms with E-state index in [9.17, 15) is 33.6 Å². The Bertz CT molecular complexity index is 4110. The summed E-state index contributed by atoms with van der Waals surface area (Å²) < 4.78 is 22.8. The van der Waals surface area contributed by atoms with Crippen molar-refractivity contribution >= 4 is 68.7 Å². The van der Waals surface area contributed by atoms with E-state index in [4.69, 9.17) is 4.74 Å². The number of hydrogen-bond donors (Lipinski definition) is 0. The molecule has 682 valence electrons. The quantitative estimate of drug-likeness (QED) is 0.0360. The molecule has 18 nitrogen and oxygen atoms in total. The number of anilines is 1. The maximum absolute atomic E-state index is 12.3. The number of piperidine rings is 2. The molecular formula is C101H175N10O8S2+7. The maximum Gasteiger partial charge on any atom is 0.283 e. The van der Waals surface area contributed by atoms with Crippen LogP contribution in [0.15, 0.2) is 12.4 Å². The van der Waals surface area contributed by atoms with E-state index in [0.717, 1.165) is 105 Å². The third-order valence-electron chi connectivity index (χ3n) is 30.4. The van der Waals surface area contributed by atoms with Crippen LogP contribution in [0, 0.1) is 53.3 Å². The summed E-state index contributed by atoms with van der Waals surface area (Å²) in [4.78, 5) is 87.6. The Morgan fingerprint density at radius 2 is 1.12 bits per heavy atom. The van der Waals surface area contributed by atoms with E-state index in [-0.39, 0.29) is 53.1 Å². The minimum absolute atomic E-state index is 0.0777. The van der Waals surface area contributed by atoms with Gasteiger partial charge < -0.3 is 18.2 Å². The fraction of sp³-hybridized carbons (Fsp3) is 0.812. The van der Waals surface area contributed by atoms with Gasteiger partial charge in [-0.3, -0.25) is 38.5 Å². The van der Waals surface area contributed by atoms with Crippen molar-refractivity contribution in [2.24, 2.45) is 60.3 Å². The molecule has 8 aliphatic heterocycles. The molecule has 0 radical (unpaired) electrons. The number of amides is 1. The first-order chi connectivity index (χ1) is 56.7. The zero-order valence-electron chi connectivity index (χ0n) is 82.3. The molecule has 0 saturated carbocycles. The summed E-state index contributed by atoms with van der Waals surface area (Å²) in [6.07, 6.45) is 31.9. The highest BCUT2D eigenvalue weighted by molar-refractivity contribution is 7.07. The van der Waals surface area contributed by atoms with Crippen molar-refractivity contribution in [3.8, 4) is 0 Å². The second kappa shape index (κ2) is 43.7. The summed E-state index contributed by atoms with van der Waals surface area (Å²) in [6.45, 7) is 68.1. The van der Waals surface area contributed by atoms with Gasteiger partial charge in [-0.25, -0.2) is 9.13 Å². The molecule has 4 aromatic heterocycles. The highest BCUT2D eigenvalue weighted by atomic mass is 32.1. The average Bonchev–Trinajstić information content (AvgIpc) is 1.40. The van der Waals surface area contributed by atoms with Gasteiger partial charge in [0.1, 0.15) is 65.3 Å². The number of aromatic nitrogens is 6. The topological polar surface area (TPSA) is 157 Å². The van der Waals surface area contributed by atoms with Gasteiger partial charge in [0, 0.05) is 143 Å². The number of Topliss-reactive ketones (excluding diaryl/α,β-unsaturated/α-hetero) is 6. The van der Waals surface area contributed by atoms with Crippen LogP contribution < -0.4 is 22.1 Å². The fourth-order valence-corrected chi connectivity index (χ4v) is 25.2. The third-order valence-corrected chi connectivity index (χ3v) is 33.2. The summed E-state index contributed by atoms with van der Waals surface area (Å²) >= 11 is 3.52. The van der Waals surface area contributed by atoms with Gasteiger partial charge in [0.25, 0.3) is 11.5 Å². The van der Waals surface area contributed by atoms with Crippen molar-refractivity contribution in [1.29, 1.82) is 0 Å². The van der Waals surface area contributed by atoms with Crippen LogP contribution in [0.25, 0.3) is 0 Å². The van der Waals surface area contributed by atoms with E-state index in [0.29, 0.717) is 95.9 Å². The Labute approximate surface area is 743 Å². The molecule has 5 atom stereocenters. The molecular weight excluding hydrogens is 1550 g/mol. The number of ether oxygens (including phenoxy) is 1. The first kappa shape index (κ1) is 101. The minimum Gasteiger partial charge on any atom is -0.365 e. The lowest BCUT2D eigenvalue weighted by atomic mass is 9.73. The summed E-state index contributed by atoms with van der Waals surface area (Å²) in [5, 5.41) is 1.16. The number of rotatable bonds is 25. The summed E-state index contributed by atoms with van der Waals surface area (Å²) in [5.74, 6) is 6.22. The second-order valence-corrected chi connectivity index (χ2v) is 44.9. The van der Waals surface area contributed by atoms with Crippen LogP contribution >= 0.6 is 23.1 Å². The number of quaternary nitrogens is 3. The van der Waals surface area contributed by atoms with E-state index in [2.05, 4.69) is 143 Å². The molecule has 0 N–H and O–H groups in total. The molecule has 2 bridgehead atoms. The molecule has 0 spiro atoms. The third kappa shape index (κ3) is 23.1. The standard InChI is InChI=1S/C17H32NO.2C15H28NO.C14H23N2O2.C14H23N2O.C14H22NOS.C12H19N2OS/c1-12(2)17(19)11-14-9-15-7-6-8-16(10-14)18(15,5)13(3)4;1-12(2)14(17)11-15-7-5-9-16(15,13(3)4)10-6-8-15;1-11(2)15(17)10-13-7-9-16(12(3)4)8-5-6-14(13)16;1-10(2)13(17)7-12-8-16(11(3)4)14-9-18-6-5-15(12)14;1-9(2)14(17)13-11-7-6-8-12(11)16(10(3)4)15(13)5;1-9(2)13(16)8-14-11-6-5-7-12(11)15(17-14)10(3)4;1-8(2)11(15)13-6-5-10-7-14(9(3)4)16-12(10)13/h12-16H,6-11H2,1-5H3;12-13H,5-11H2,1-4H3;11-14H,5-10H2,1-4H3;8,10-11H,5-7,9H2,1-4H3;9-10H,6-8H2,1-5H3;9-10H,5-8H2,1-4H3;7-9H,5-6H2,1-4H3/q7*+1. The molecule has 12 heterocycles. The van der Waals surface area contributed by atoms with E-state index in [1.165, 1.54) is 181 Å². The first-order valence-corrected chi connectivity index (χ1v) is 50.3. The SMILES string of the molecule is CC(C)C(=O)CC12CCC[N+]1(C(C)C)CCC2.CC(C)C(=O)CC1CC2CCCC(C1)[N+]2(C)C(C)C.CC(C)C(=O)CC1CC[N+]2(C(C)C)CCCC12.CC(C)C(=O)Cc1c[n+](C(C)C)c2n1CCOC2.CC(C)C(=O)Cc1s[n+](C(C)C)c2c1CCC2.CC(C)C(=O)N1CCc2c[n+](C(C)C)sc21.CC(C)C(=O)c1c2c(n(C(C)C)[n+]1C)CCC2. The number of ketones is 6. The number of imidazole rings is 1. The van der Waals surface area contributed by atoms with Gasteiger partial charge >= 0.3 is 0 Å². The monoisotopic (exact) mass is 1720 g/mol. The Balaban J connectivity index is 0.000000176. The number of nitrogens with zero attached hydrogens (tertiary/aromatic N) is 10. The Morgan fingerprint density at radius 1 is 0.537 bits per heavy atom. The minimum atomic E-state index is 0.0777. The van der Waals surface area contributed by atoms with Gasteiger partial charge in [-0.15, -0.1) is 12.6 Å². The average molecular weight is 1720 g/mol. The fourth-order valence-electron chi connectivity index (χ4n) is 22.8. The normalized spacial score (nSPS) is 24.8. The molecule has 14 rings (SSSR count). The number of carbonyl (C=O) groups is 7. The van der Waals surface area contributed by atoms with Crippen molar-refractivity contribution in [1.82, 2.24) is 9.25 Å². The van der Waals surface area contributed by atoms with E-state index < -0.39 is 0 Å². The van der Waals surface area contributed by atoms with E-state index in [1.807, 2.05) is 120 Å². The number of carbonyl (C=O) groups excluding carboxylic acids is 7. The van der Waals surface area contributed by atoms with Crippen molar-refractivity contribution in [2.45, 2.75) is 427 Å². The Morgan fingerprint density at radius 3 is 1.64 bits per heavy atom. The second-order valence-electron chi connectivity index (χ2n) is 42.8. The Kier molecular flexibility index (Phi) is 36.6. The molecule has 20 heteroatoms. The van der Waals surface area contributed by atoms with Gasteiger partial charge in [0.15, 0.2) is 53.2 Å². The molecule has 10 aliphatic rings. The molecule has 121 heavy (non-hydrogen) atoms. The van der Waals surface area contributed by atoms with Crippen molar-refractivity contribution in [3.05, 3.63) is 62.6 Å². The molecule has 6 fully saturated rings. The molecule has 5 unspecified atom stereocenters. The number of hydrogen-bond acceptors (Lipinski definition) is 10. The van der Waals surface area contributed by atoms with Crippen molar-refractivity contribution < 1.29 is 68.9 Å². The van der Waals surface area contributed by atoms with Crippen LogP contribution in [-0.2, 0) is 98.6 Å². The predicted molar refractivity (Wildman–Crippen MR) is 493 cm³/mol. The summed E-state index contributed by atoms with van der Waals surface area (Å²) in [7, 11) is 4.49. The van der Waals surface area contributed by atoms with Gasteiger partial charge in [-0.2, -0.15) is 4.68 Å². The van der Waals surface area contributed by atoms with Gasteiger partial charge in [-0.05, 0) is 161 Å². The molecule has 1 amide bonds. The van der Waals surface area contributed by atoms with Crippen LogP contribution in [0.1, 0.15) is 382 Å². The van der Waals surface area contributed by atoms with Gasteiger partial charge in [0.05, 0.1) is 123 Å². The lowest BCUT2D eigenvalue weighted by Crippen LogP contribution is -2.67. The summed E-state index contributed by atoms with van der Waals surface area (Å²) in [5.41, 5.74) is 9.38. The van der Waals surface area contributed by atoms with E-state index >= 15 is 0 Å². The van der Waals surface area contributed by atoms with Crippen molar-refractivity contribution in [3.63, 3.8) is 0 Å². The van der Waals surface area contributed by atoms with E-state index in [1.54, 1.807) is 11.5 Å². The smallest absolute Gasteiger partial charge is 0.283 e. The van der Waals surface area contributed by atoms with Crippen LogP contribution in [0.3, 0.4) is 0 Å².